The number of non-ortho nitro benzene ring substituents is 1. The summed E-state index contributed by atoms with van der Waals surface area (Å²) in [4.78, 5) is 21.5. The van der Waals surface area contributed by atoms with E-state index >= 15 is 0 Å². The summed E-state index contributed by atoms with van der Waals surface area (Å²) in [5, 5.41) is 10.7. The van der Waals surface area contributed by atoms with Crippen LogP contribution in [0.4, 0.5) is 5.69 Å². The Morgan fingerprint density at radius 1 is 1.15 bits per heavy atom. The molecule has 0 spiro atoms. The zero-order chi connectivity index (χ0) is 19.3. The molecule has 138 valence electrons. The fourth-order valence-corrected chi connectivity index (χ4v) is 3.57. The van der Waals surface area contributed by atoms with Crippen LogP contribution in [0.5, 0.6) is 0 Å². The van der Waals surface area contributed by atoms with E-state index < -0.39 is 27.5 Å². The Morgan fingerprint density at radius 3 is 2.42 bits per heavy atom. The number of nitrogens with zero attached hydrogens (tertiary/aromatic N) is 1. The van der Waals surface area contributed by atoms with Crippen molar-refractivity contribution in [3.8, 4) is 0 Å². The third kappa shape index (κ3) is 5.40. The summed E-state index contributed by atoms with van der Waals surface area (Å²) in [5.74, 6) is -0.829. The molecular weight excluding hydrogens is 407 g/mol. The first-order valence-corrected chi connectivity index (χ1v) is 9.26. The monoisotopic (exact) mass is 418 g/mol. The number of nitro benzene ring substituents is 1. The number of nitrogens with one attached hydrogen (secondary N) is 1. The average molecular weight is 419 g/mol. The van der Waals surface area contributed by atoms with Crippen molar-refractivity contribution in [2.75, 3.05) is 6.54 Å². The van der Waals surface area contributed by atoms with Crippen LogP contribution >= 0.6 is 23.2 Å². The Kier molecular flexibility index (Phi) is 6.54. The molecule has 2 rings (SSSR count). The number of ether oxygens (including phenoxy) is 1. The van der Waals surface area contributed by atoms with Gasteiger partial charge in [-0.2, -0.15) is 4.72 Å². The molecule has 0 atom stereocenters. The van der Waals surface area contributed by atoms with E-state index in [0.29, 0.717) is 5.56 Å². The predicted molar refractivity (Wildman–Crippen MR) is 94.5 cm³/mol. The van der Waals surface area contributed by atoms with E-state index in [4.69, 9.17) is 27.9 Å². The number of benzene rings is 2. The highest BCUT2D eigenvalue weighted by atomic mass is 35.5. The molecule has 8 nitrogen and oxygen atoms in total. The fraction of sp³-hybridized carbons (Fsp3) is 0.133. The molecular formula is C15H12Cl2N2O6S. The van der Waals surface area contributed by atoms with Crippen LogP contribution in [-0.2, 0) is 26.2 Å². The highest BCUT2D eigenvalue weighted by molar-refractivity contribution is 7.89. The van der Waals surface area contributed by atoms with Gasteiger partial charge in [-0.15, -0.1) is 0 Å². The molecule has 0 heterocycles. The second kappa shape index (κ2) is 8.45. The molecule has 0 amide bonds. The molecule has 2 aromatic rings. The average Bonchev–Trinajstić information content (AvgIpc) is 2.60. The molecule has 0 aromatic heterocycles. The predicted octanol–water partition coefficient (Wildman–Crippen LogP) is 2.92. The first kappa shape index (κ1) is 20.1. The lowest BCUT2D eigenvalue weighted by Gasteiger charge is -2.09. The van der Waals surface area contributed by atoms with Crippen LogP contribution in [0.1, 0.15) is 5.56 Å². The van der Waals surface area contributed by atoms with Gasteiger partial charge in [0, 0.05) is 17.2 Å². The summed E-state index contributed by atoms with van der Waals surface area (Å²) in [6, 6.07) is 9.32. The number of esters is 1. The van der Waals surface area contributed by atoms with E-state index in [1.165, 1.54) is 36.4 Å². The van der Waals surface area contributed by atoms with E-state index in [0.717, 1.165) is 6.07 Å². The van der Waals surface area contributed by atoms with E-state index in [2.05, 4.69) is 4.72 Å². The number of sulfonamides is 1. The van der Waals surface area contributed by atoms with Crippen LogP contribution in [0.25, 0.3) is 0 Å². The Bertz CT molecular complexity index is 932. The highest BCUT2D eigenvalue weighted by Crippen LogP contribution is 2.24. The number of hydrogen-bond donors (Lipinski definition) is 1. The van der Waals surface area contributed by atoms with Crippen LogP contribution in [0.3, 0.4) is 0 Å². The van der Waals surface area contributed by atoms with Crippen molar-refractivity contribution in [3.63, 3.8) is 0 Å². The van der Waals surface area contributed by atoms with Gasteiger partial charge in [-0.1, -0.05) is 23.2 Å². The van der Waals surface area contributed by atoms with Gasteiger partial charge in [-0.25, -0.2) is 8.42 Å². The first-order valence-electron chi connectivity index (χ1n) is 7.03. The lowest BCUT2D eigenvalue weighted by molar-refractivity contribution is -0.384. The smallest absolute Gasteiger partial charge is 0.321 e. The Labute approximate surface area is 158 Å². The van der Waals surface area contributed by atoms with Gasteiger partial charge in [0.05, 0.1) is 9.95 Å². The number of hydrogen-bond acceptors (Lipinski definition) is 6. The maximum atomic E-state index is 12.2. The van der Waals surface area contributed by atoms with E-state index in [9.17, 15) is 23.3 Å². The summed E-state index contributed by atoms with van der Waals surface area (Å²) in [6.07, 6.45) is 0. The fourth-order valence-electron chi connectivity index (χ4n) is 1.84. The van der Waals surface area contributed by atoms with Crippen LogP contribution in [0.2, 0.25) is 10.0 Å². The molecule has 0 aliphatic rings. The highest BCUT2D eigenvalue weighted by Gasteiger charge is 2.20. The molecule has 0 saturated heterocycles. The zero-order valence-electron chi connectivity index (χ0n) is 13.0. The maximum absolute atomic E-state index is 12.2. The molecule has 0 unspecified atom stereocenters. The molecule has 0 bridgehead atoms. The second-order valence-corrected chi connectivity index (χ2v) is 7.56. The largest absolute Gasteiger partial charge is 0.460 e. The minimum atomic E-state index is -4.05. The van der Waals surface area contributed by atoms with Crippen molar-refractivity contribution in [1.29, 1.82) is 0 Å². The van der Waals surface area contributed by atoms with Crippen LogP contribution in [-0.4, -0.2) is 25.9 Å². The number of carbonyl (C=O) groups is 1. The van der Waals surface area contributed by atoms with Crippen molar-refractivity contribution < 1.29 is 22.9 Å². The molecule has 2 aromatic carbocycles. The lowest BCUT2D eigenvalue weighted by atomic mass is 10.2. The first-order chi connectivity index (χ1) is 12.2. The minimum absolute atomic E-state index is 0.0406. The summed E-state index contributed by atoms with van der Waals surface area (Å²) < 4.78 is 31.3. The van der Waals surface area contributed by atoms with Gasteiger partial charge in [0.2, 0.25) is 10.0 Å². The van der Waals surface area contributed by atoms with Crippen molar-refractivity contribution in [1.82, 2.24) is 4.72 Å². The molecule has 0 aliphatic heterocycles. The van der Waals surface area contributed by atoms with E-state index in [1.54, 1.807) is 0 Å². The van der Waals surface area contributed by atoms with Crippen molar-refractivity contribution in [3.05, 3.63) is 68.2 Å². The van der Waals surface area contributed by atoms with Crippen molar-refractivity contribution in [2.45, 2.75) is 11.5 Å². The van der Waals surface area contributed by atoms with Gasteiger partial charge < -0.3 is 4.74 Å². The Morgan fingerprint density at radius 2 is 1.81 bits per heavy atom. The van der Waals surface area contributed by atoms with Crippen LogP contribution < -0.4 is 4.72 Å². The molecule has 0 aliphatic carbocycles. The van der Waals surface area contributed by atoms with Crippen molar-refractivity contribution in [2.24, 2.45) is 0 Å². The van der Waals surface area contributed by atoms with Crippen LogP contribution in [0, 0.1) is 10.1 Å². The second-order valence-electron chi connectivity index (χ2n) is 4.98. The SMILES string of the molecule is O=C(CNS(=O)(=O)c1cc(Cl)ccc1Cl)OCc1ccc([N+](=O)[O-])cc1. The number of nitro groups is 1. The standard InChI is InChI=1S/C15H12Cl2N2O6S/c16-11-3-6-13(17)14(7-11)26(23,24)18-8-15(20)25-9-10-1-4-12(5-2-10)19(21)22/h1-7,18H,8-9H2. The topological polar surface area (TPSA) is 116 Å². The molecule has 26 heavy (non-hydrogen) atoms. The normalized spacial score (nSPS) is 11.2. The molecule has 0 radical (unpaired) electrons. The molecule has 0 fully saturated rings. The molecule has 0 saturated carbocycles. The Balaban J connectivity index is 1.91. The summed E-state index contributed by atoms with van der Waals surface area (Å²) >= 11 is 11.6. The number of rotatable bonds is 7. The van der Waals surface area contributed by atoms with Crippen molar-refractivity contribution >= 4 is 44.9 Å². The molecule has 11 heteroatoms. The van der Waals surface area contributed by atoms with Gasteiger partial charge in [-0.05, 0) is 35.9 Å². The third-order valence-electron chi connectivity index (χ3n) is 3.14. The summed E-state index contributed by atoms with van der Waals surface area (Å²) in [6.45, 7) is -0.769. The Hall–Kier alpha value is -2.20. The zero-order valence-corrected chi connectivity index (χ0v) is 15.3. The lowest BCUT2D eigenvalue weighted by Crippen LogP contribution is -2.30. The minimum Gasteiger partial charge on any atom is -0.460 e. The number of carbonyl (C=O) groups excluding carboxylic acids is 1. The van der Waals surface area contributed by atoms with Gasteiger partial charge in [0.1, 0.15) is 18.0 Å². The summed E-state index contributed by atoms with van der Waals surface area (Å²) in [7, 11) is -4.05. The van der Waals surface area contributed by atoms with E-state index in [-0.39, 0.29) is 27.2 Å². The van der Waals surface area contributed by atoms with Gasteiger partial charge >= 0.3 is 5.97 Å². The molecule has 1 N–H and O–H groups in total. The third-order valence-corrected chi connectivity index (χ3v) is 5.25. The summed E-state index contributed by atoms with van der Waals surface area (Å²) in [5.41, 5.74) is 0.427. The van der Waals surface area contributed by atoms with Gasteiger partial charge in [0.15, 0.2) is 0 Å². The van der Waals surface area contributed by atoms with Gasteiger partial charge in [0.25, 0.3) is 5.69 Å². The van der Waals surface area contributed by atoms with E-state index in [1.807, 2.05) is 0 Å². The van der Waals surface area contributed by atoms with Crippen LogP contribution in [0.15, 0.2) is 47.4 Å². The van der Waals surface area contributed by atoms with Gasteiger partial charge in [-0.3, -0.25) is 14.9 Å². The maximum Gasteiger partial charge on any atom is 0.321 e. The number of halogens is 2. The quantitative estimate of drug-likeness (QED) is 0.419.